The predicted octanol–water partition coefficient (Wildman–Crippen LogP) is 1.40. The van der Waals surface area contributed by atoms with E-state index in [1.807, 2.05) is 31.3 Å². The highest BCUT2D eigenvalue weighted by molar-refractivity contribution is 5.77. The number of hydrogen-bond acceptors (Lipinski definition) is 3. The van der Waals surface area contributed by atoms with Crippen molar-refractivity contribution in [1.29, 1.82) is 0 Å². The van der Waals surface area contributed by atoms with Gasteiger partial charge in [-0.15, -0.1) is 0 Å². The molecule has 2 rings (SSSR count). The first kappa shape index (κ1) is 13.3. The number of hydrogen-bond donors (Lipinski definition) is 2. The summed E-state index contributed by atoms with van der Waals surface area (Å²) >= 11 is 0. The third-order valence-corrected chi connectivity index (χ3v) is 2.95. The van der Waals surface area contributed by atoms with Crippen LogP contribution in [0, 0.1) is 6.92 Å². The Balaban J connectivity index is 1.66. The number of carbonyl (C=O) groups is 1. The molecule has 0 spiro atoms. The zero-order chi connectivity index (χ0) is 13.5. The van der Waals surface area contributed by atoms with E-state index in [1.165, 1.54) is 5.56 Å². The Morgan fingerprint density at radius 2 is 2.32 bits per heavy atom. The molecule has 0 fully saturated rings. The molecule has 0 aliphatic rings. The fraction of sp³-hybridized carbons (Fsp3) is 0.357. The van der Waals surface area contributed by atoms with Gasteiger partial charge in [0.25, 0.3) is 0 Å². The maximum Gasteiger partial charge on any atom is 0.226 e. The maximum atomic E-state index is 11.7. The Morgan fingerprint density at radius 1 is 1.42 bits per heavy atom. The van der Waals surface area contributed by atoms with Crippen LogP contribution in [0.3, 0.4) is 0 Å². The van der Waals surface area contributed by atoms with Crippen molar-refractivity contribution in [2.24, 2.45) is 0 Å². The minimum absolute atomic E-state index is 0.0163. The second-order valence-electron chi connectivity index (χ2n) is 4.47. The first-order valence-corrected chi connectivity index (χ1v) is 6.41. The number of nitrogens with one attached hydrogen (secondary N) is 2. The van der Waals surface area contributed by atoms with Gasteiger partial charge in [0, 0.05) is 24.1 Å². The van der Waals surface area contributed by atoms with Gasteiger partial charge in [0.05, 0.1) is 12.6 Å². The molecule has 0 atom stereocenters. The molecule has 2 heterocycles. The SMILES string of the molecule is Cc1[nH]ncc1CCCNC(=O)Cc1ccccn1. The molecule has 0 aliphatic carbocycles. The van der Waals surface area contributed by atoms with Gasteiger partial charge in [-0.3, -0.25) is 14.9 Å². The van der Waals surface area contributed by atoms with Crippen molar-refractivity contribution in [2.45, 2.75) is 26.2 Å². The molecule has 2 N–H and O–H groups in total. The van der Waals surface area contributed by atoms with Crippen LogP contribution >= 0.6 is 0 Å². The van der Waals surface area contributed by atoms with Crippen LogP contribution in [-0.2, 0) is 17.6 Å². The van der Waals surface area contributed by atoms with Crippen LogP contribution in [0.2, 0.25) is 0 Å². The average molecular weight is 258 g/mol. The summed E-state index contributed by atoms with van der Waals surface area (Å²) in [4.78, 5) is 15.8. The zero-order valence-corrected chi connectivity index (χ0v) is 11.0. The molecular weight excluding hydrogens is 240 g/mol. The number of nitrogens with zero attached hydrogens (tertiary/aromatic N) is 2. The second-order valence-corrected chi connectivity index (χ2v) is 4.47. The molecule has 0 bridgehead atoms. The van der Waals surface area contributed by atoms with Gasteiger partial charge in [0.15, 0.2) is 0 Å². The molecule has 2 aromatic rings. The highest BCUT2D eigenvalue weighted by Crippen LogP contribution is 2.05. The molecule has 5 nitrogen and oxygen atoms in total. The second kappa shape index (κ2) is 6.68. The van der Waals surface area contributed by atoms with E-state index in [2.05, 4.69) is 20.5 Å². The molecule has 0 radical (unpaired) electrons. The van der Waals surface area contributed by atoms with E-state index < -0.39 is 0 Å². The van der Waals surface area contributed by atoms with Gasteiger partial charge >= 0.3 is 0 Å². The van der Waals surface area contributed by atoms with Gasteiger partial charge in [0.2, 0.25) is 5.91 Å². The van der Waals surface area contributed by atoms with Crippen LogP contribution in [0.1, 0.15) is 23.4 Å². The lowest BCUT2D eigenvalue weighted by Gasteiger charge is -2.04. The fourth-order valence-corrected chi connectivity index (χ4v) is 1.86. The molecule has 5 heteroatoms. The summed E-state index contributed by atoms with van der Waals surface area (Å²) in [6, 6.07) is 5.58. The van der Waals surface area contributed by atoms with E-state index in [-0.39, 0.29) is 5.91 Å². The van der Waals surface area contributed by atoms with Crippen LogP contribution < -0.4 is 5.32 Å². The molecular formula is C14H18N4O. The van der Waals surface area contributed by atoms with Crippen molar-refractivity contribution in [3.63, 3.8) is 0 Å². The van der Waals surface area contributed by atoms with Crippen LogP contribution in [0.15, 0.2) is 30.6 Å². The number of H-pyrrole nitrogens is 1. The van der Waals surface area contributed by atoms with E-state index >= 15 is 0 Å². The highest BCUT2D eigenvalue weighted by atomic mass is 16.1. The lowest BCUT2D eigenvalue weighted by atomic mass is 10.1. The van der Waals surface area contributed by atoms with E-state index in [0.29, 0.717) is 13.0 Å². The summed E-state index contributed by atoms with van der Waals surface area (Å²) in [5.41, 5.74) is 3.10. The first-order chi connectivity index (χ1) is 9.25. The van der Waals surface area contributed by atoms with Crippen LogP contribution in [0.25, 0.3) is 0 Å². The van der Waals surface area contributed by atoms with Gasteiger partial charge < -0.3 is 5.32 Å². The summed E-state index contributed by atoms with van der Waals surface area (Å²) in [7, 11) is 0. The molecule has 100 valence electrons. The lowest BCUT2D eigenvalue weighted by molar-refractivity contribution is -0.120. The largest absolute Gasteiger partial charge is 0.356 e. The van der Waals surface area contributed by atoms with Gasteiger partial charge in [-0.1, -0.05) is 6.07 Å². The predicted molar refractivity (Wildman–Crippen MR) is 72.6 cm³/mol. The molecule has 0 saturated carbocycles. The molecule has 0 aromatic carbocycles. The van der Waals surface area contributed by atoms with Gasteiger partial charge in [0.1, 0.15) is 0 Å². The molecule has 2 aromatic heterocycles. The van der Waals surface area contributed by atoms with Crippen molar-refractivity contribution in [3.8, 4) is 0 Å². The van der Waals surface area contributed by atoms with E-state index in [4.69, 9.17) is 0 Å². The van der Waals surface area contributed by atoms with Crippen molar-refractivity contribution in [3.05, 3.63) is 47.5 Å². The number of rotatable bonds is 6. The minimum Gasteiger partial charge on any atom is -0.356 e. The van der Waals surface area contributed by atoms with E-state index in [1.54, 1.807) is 6.20 Å². The topological polar surface area (TPSA) is 70.7 Å². The Labute approximate surface area is 112 Å². The monoisotopic (exact) mass is 258 g/mol. The third kappa shape index (κ3) is 4.21. The smallest absolute Gasteiger partial charge is 0.226 e. The van der Waals surface area contributed by atoms with E-state index in [0.717, 1.165) is 24.2 Å². The van der Waals surface area contributed by atoms with Crippen molar-refractivity contribution in [1.82, 2.24) is 20.5 Å². The van der Waals surface area contributed by atoms with E-state index in [9.17, 15) is 4.79 Å². The molecule has 0 aliphatic heterocycles. The summed E-state index contributed by atoms with van der Waals surface area (Å²) < 4.78 is 0. The van der Waals surface area contributed by atoms with Crippen LogP contribution in [0.4, 0.5) is 0 Å². The fourth-order valence-electron chi connectivity index (χ4n) is 1.86. The molecule has 19 heavy (non-hydrogen) atoms. The maximum absolute atomic E-state index is 11.7. The normalized spacial score (nSPS) is 10.4. The summed E-state index contributed by atoms with van der Waals surface area (Å²) in [5.74, 6) is 0.0163. The lowest BCUT2D eigenvalue weighted by Crippen LogP contribution is -2.26. The quantitative estimate of drug-likeness (QED) is 0.769. The number of amides is 1. The zero-order valence-electron chi connectivity index (χ0n) is 11.0. The average Bonchev–Trinajstić information content (AvgIpc) is 2.81. The van der Waals surface area contributed by atoms with Crippen LogP contribution in [0.5, 0.6) is 0 Å². The highest BCUT2D eigenvalue weighted by Gasteiger charge is 2.04. The number of pyridine rings is 1. The van der Waals surface area contributed by atoms with Gasteiger partial charge in [-0.05, 0) is 37.5 Å². The number of aromatic amines is 1. The number of carbonyl (C=O) groups excluding carboxylic acids is 1. The minimum atomic E-state index is 0.0163. The Bertz CT molecular complexity index is 521. The summed E-state index contributed by atoms with van der Waals surface area (Å²) in [5, 5.41) is 9.78. The molecule has 0 saturated heterocycles. The van der Waals surface area contributed by atoms with Gasteiger partial charge in [-0.2, -0.15) is 5.10 Å². The van der Waals surface area contributed by atoms with Crippen LogP contribution in [-0.4, -0.2) is 27.6 Å². The Kier molecular flexibility index (Phi) is 4.66. The number of aromatic nitrogens is 3. The van der Waals surface area contributed by atoms with Crippen molar-refractivity contribution >= 4 is 5.91 Å². The van der Waals surface area contributed by atoms with Crippen molar-refractivity contribution in [2.75, 3.05) is 6.54 Å². The standard InChI is InChI=1S/C14H18N4O/c1-11-12(10-17-18-11)5-4-8-16-14(19)9-13-6-2-3-7-15-13/h2-3,6-7,10H,4-5,8-9H2,1H3,(H,16,19)(H,17,18). The Hall–Kier alpha value is -2.17. The molecule has 0 unspecified atom stereocenters. The first-order valence-electron chi connectivity index (χ1n) is 6.41. The Morgan fingerprint density at radius 3 is 3.00 bits per heavy atom. The third-order valence-electron chi connectivity index (χ3n) is 2.95. The van der Waals surface area contributed by atoms with Crippen molar-refractivity contribution < 1.29 is 4.79 Å². The number of aryl methyl sites for hydroxylation is 2. The van der Waals surface area contributed by atoms with Gasteiger partial charge in [-0.25, -0.2) is 0 Å². The summed E-state index contributed by atoms with van der Waals surface area (Å²) in [6.07, 6.45) is 5.71. The molecule has 1 amide bonds. The summed E-state index contributed by atoms with van der Waals surface area (Å²) in [6.45, 7) is 2.68.